The Kier molecular flexibility index (Phi) is 6.69. The second kappa shape index (κ2) is 10.0. The molecule has 0 saturated carbocycles. The number of rotatable bonds is 7. The second-order valence-electron chi connectivity index (χ2n) is 8.30. The molecule has 0 aliphatic carbocycles. The minimum absolute atomic E-state index is 0.123. The fraction of sp³-hybridized carbons (Fsp3) is 0.269. The molecule has 3 heterocycles. The molecule has 0 N–H and O–H groups in total. The number of aromatic nitrogens is 3. The van der Waals surface area contributed by atoms with Crippen molar-refractivity contribution in [3.05, 3.63) is 87.4 Å². The largest absolute Gasteiger partial charge is 0.485 e. The van der Waals surface area contributed by atoms with Gasteiger partial charge in [-0.05, 0) is 60.5 Å². The smallest absolute Gasteiger partial charge is 0.233 e. The number of carbonyl (C=O) groups excluding carboxylic acids is 1. The molecule has 1 aliphatic rings. The van der Waals surface area contributed by atoms with Crippen molar-refractivity contribution in [1.29, 1.82) is 0 Å². The van der Waals surface area contributed by atoms with Gasteiger partial charge in [0.15, 0.2) is 11.0 Å². The average Bonchev–Trinajstić information content (AvgIpc) is 3.49. The molecule has 6 nitrogen and oxygen atoms in total. The Hall–Kier alpha value is -3.10. The molecule has 2 aromatic carbocycles. The summed E-state index contributed by atoms with van der Waals surface area (Å²) in [5, 5.41) is 11.6. The Balaban J connectivity index is 1.33. The maximum absolute atomic E-state index is 13.0. The second-order valence-corrected chi connectivity index (χ2v) is 10.2. The van der Waals surface area contributed by atoms with Gasteiger partial charge in [-0.25, -0.2) is 0 Å². The number of aryl methyl sites for hydroxylation is 2. The standard InChI is InChI=1S/C26H26N4O2S2/c1-18-7-6-8-19(2)25(18)32-16-23-27-28-26(30(23)21-9-4-3-5-10-21)34-17-24(31)29-13-11-22-20(15-29)12-14-33-22/h3-10,12,14H,11,13,15-17H2,1-2H3. The molecule has 0 fully saturated rings. The molecule has 0 radical (unpaired) electrons. The first-order valence-corrected chi connectivity index (χ1v) is 13.1. The summed E-state index contributed by atoms with van der Waals surface area (Å²) in [7, 11) is 0. The maximum atomic E-state index is 13.0. The first kappa shape index (κ1) is 22.7. The van der Waals surface area contributed by atoms with E-state index in [2.05, 4.69) is 21.6 Å². The lowest BCUT2D eigenvalue weighted by Crippen LogP contribution is -2.36. The summed E-state index contributed by atoms with van der Waals surface area (Å²) in [5.41, 5.74) is 4.39. The van der Waals surface area contributed by atoms with Crippen molar-refractivity contribution in [3.8, 4) is 11.4 Å². The van der Waals surface area contributed by atoms with Crippen LogP contribution in [0.2, 0.25) is 0 Å². The molecule has 0 spiro atoms. The van der Waals surface area contributed by atoms with Crippen LogP contribution in [0.25, 0.3) is 5.69 Å². The van der Waals surface area contributed by atoms with E-state index in [0.29, 0.717) is 23.3 Å². The quantitative estimate of drug-likeness (QED) is 0.333. The van der Waals surface area contributed by atoms with Crippen LogP contribution in [0, 0.1) is 13.8 Å². The summed E-state index contributed by atoms with van der Waals surface area (Å²) < 4.78 is 8.15. The predicted molar refractivity (Wildman–Crippen MR) is 136 cm³/mol. The Bertz CT molecular complexity index is 1280. The van der Waals surface area contributed by atoms with Gasteiger partial charge in [0.05, 0.1) is 5.75 Å². The van der Waals surface area contributed by atoms with Crippen molar-refractivity contribution < 1.29 is 9.53 Å². The maximum Gasteiger partial charge on any atom is 0.233 e. The van der Waals surface area contributed by atoms with Crippen molar-refractivity contribution in [2.75, 3.05) is 12.3 Å². The van der Waals surface area contributed by atoms with Crippen LogP contribution < -0.4 is 4.74 Å². The van der Waals surface area contributed by atoms with Gasteiger partial charge < -0.3 is 9.64 Å². The highest BCUT2D eigenvalue weighted by Gasteiger charge is 2.23. The lowest BCUT2D eigenvalue weighted by atomic mass is 10.1. The third-order valence-electron chi connectivity index (χ3n) is 5.95. The van der Waals surface area contributed by atoms with E-state index in [1.165, 1.54) is 22.2 Å². The van der Waals surface area contributed by atoms with Crippen LogP contribution in [-0.4, -0.2) is 37.9 Å². The molecule has 8 heteroatoms. The summed E-state index contributed by atoms with van der Waals surface area (Å²) in [6.07, 6.45) is 0.934. The van der Waals surface area contributed by atoms with Crippen molar-refractivity contribution >= 4 is 29.0 Å². The summed E-state index contributed by atoms with van der Waals surface area (Å²) >= 11 is 3.20. The third-order valence-corrected chi connectivity index (χ3v) is 7.89. The van der Waals surface area contributed by atoms with Gasteiger partial charge in [0.25, 0.3) is 0 Å². The highest BCUT2D eigenvalue weighted by atomic mass is 32.2. The van der Waals surface area contributed by atoms with E-state index in [1.807, 2.05) is 71.8 Å². The van der Waals surface area contributed by atoms with Crippen LogP contribution in [0.15, 0.2) is 65.1 Å². The van der Waals surface area contributed by atoms with Gasteiger partial charge in [-0.2, -0.15) is 0 Å². The molecule has 0 atom stereocenters. The number of hydrogen-bond acceptors (Lipinski definition) is 6. The number of thiophene rings is 1. The van der Waals surface area contributed by atoms with Crippen LogP contribution >= 0.6 is 23.1 Å². The minimum Gasteiger partial charge on any atom is -0.485 e. The van der Waals surface area contributed by atoms with Gasteiger partial charge >= 0.3 is 0 Å². The van der Waals surface area contributed by atoms with Crippen molar-refractivity contribution in [2.24, 2.45) is 0 Å². The van der Waals surface area contributed by atoms with Gasteiger partial charge in [-0.15, -0.1) is 21.5 Å². The lowest BCUT2D eigenvalue weighted by Gasteiger charge is -2.26. The topological polar surface area (TPSA) is 60.3 Å². The molecule has 174 valence electrons. The predicted octanol–water partition coefficient (Wildman–Crippen LogP) is 5.20. The Morgan fingerprint density at radius 1 is 1.06 bits per heavy atom. The zero-order chi connectivity index (χ0) is 23.5. The normalized spacial score (nSPS) is 13.1. The van der Waals surface area contributed by atoms with Crippen molar-refractivity contribution in [3.63, 3.8) is 0 Å². The molecule has 0 bridgehead atoms. The molecule has 5 rings (SSSR count). The van der Waals surface area contributed by atoms with Crippen molar-refractivity contribution in [1.82, 2.24) is 19.7 Å². The summed E-state index contributed by atoms with van der Waals surface area (Å²) in [6, 6.07) is 18.2. The number of para-hydroxylation sites is 2. The molecule has 2 aromatic heterocycles. The highest BCUT2D eigenvalue weighted by molar-refractivity contribution is 7.99. The van der Waals surface area contributed by atoms with Crippen LogP contribution in [-0.2, 0) is 24.4 Å². The summed E-state index contributed by atoms with van der Waals surface area (Å²) in [5.74, 6) is 2.01. The van der Waals surface area contributed by atoms with E-state index >= 15 is 0 Å². The van der Waals surface area contributed by atoms with Gasteiger partial charge in [0.1, 0.15) is 12.4 Å². The van der Waals surface area contributed by atoms with E-state index in [1.54, 1.807) is 11.3 Å². The lowest BCUT2D eigenvalue weighted by molar-refractivity contribution is -0.129. The minimum atomic E-state index is 0.123. The van der Waals surface area contributed by atoms with Crippen LogP contribution in [0.4, 0.5) is 0 Å². The summed E-state index contributed by atoms with van der Waals surface area (Å²) in [6.45, 7) is 5.83. The average molecular weight is 491 g/mol. The molecule has 34 heavy (non-hydrogen) atoms. The molecular formula is C26H26N4O2S2. The first-order chi connectivity index (χ1) is 16.6. The SMILES string of the molecule is Cc1cccc(C)c1OCc1nnc(SCC(=O)N2CCc3sccc3C2)n1-c1ccccc1. The molecule has 0 unspecified atom stereocenters. The van der Waals surface area contributed by atoms with Crippen molar-refractivity contribution in [2.45, 2.75) is 38.6 Å². The molecule has 0 saturated heterocycles. The van der Waals surface area contributed by atoms with Gasteiger partial charge in [-0.3, -0.25) is 9.36 Å². The number of ether oxygens (including phenoxy) is 1. The number of hydrogen-bond donors (Lipinski definition) is 0. The number of carbonyl (C=O) groups is 1. The van der Waals surface area contributed by atoms with E-state index in [-0.39, 0.29) is 12.5 Å². The highest BCUT2D eigenvalue weighted by Crippen LogP contribution is 2.28. The number of amides is 1. The van der Waals surface area contributed by atoms with E-state index in [9.17, 15) is 4.79 Å². The number of fused-ring (bicyclic) bond motifs is 1. The van der Waals surface area contributed by atoms with Gasteiger partial charge in [0, 0.05) is 23.7 Å². The first-order valence-electron chi connectivity index (χ1n) is 11.2. The van der Waals surface area contributed by atoms with E-state index in [0.717, 1.165) is 35.5 Å². The van der Waals surface area contributed by atoms with Crippen LogP contribution in [0.1, 0.15) is 27.4 Å². The zero-order valence-electron chi connectivity index (χ0n) is 19.2. The number of benzene rings is 2. The number of thioether (sulfide) groups is 1. The molecule has 4 aromatic rings. The van der Waals surface area contributed by atoms with Gasteiger partial charge in [-0.1, -0.05) is 48.2 Å². The molecular weight excluding hydrogens is 464 g/mol. The fourth-order valence-electron chi connectivity index (χ4n) is 4.17. The summed E-state index contributed by atoms with van der Waals surface area (Å²) in [4.78, 5) is 16.3. The Morgan fingerprint density at radius 2 is 1.85 bits per heavy atom. The third kappa shape index (κ3) is 4.74. The number of nitrogens with zero attached hydrogens (tertiary/aromatic N) is 4. The Morgan fingerprint density at radius 3 is 2.65 bits per heavy atom. The fourth-order valence-corrected chi connectivity index (χ4v) is 5.93. The zero-order valence-corrected chi connectivity index (χ0v) is 20.9. The molecule has 1 aliphatic heterocycles. The Labute approximate surface area is 207 Å². The van der Waals surface area contributed by atoms with Gasteiger partial charge in [0.2, 0.25) is 5.91 Å². The van der Waals surface area contributed by atoms with Crippen LogP contribution in [0.3, 0.4) is 0 Å². The molecule has 1 amide bonds. The van der Waals surface area contributed by atoms with E-state index in [4.69, 9.17) is 4.74 Å². The van der Waals surface area contributed by atoms with E-state index < -0.39 is 0 Å². The monoisotopic (exact) mass is 490 g/mol. The van der Waals surface area contributed by atoms with Crippen LogP contribution in [0.5, 0.6) is 5.75 Å².